The van der Waals surface area contributed by atoms with Crippen molar-refractivity contribution in [1.82, 2.24) is 0 Å². The van der Waals surface area contributed by atoms with Crippen LogP contribution in [-0.4, -0.2) is 36.4 Å². The second-order valence-electron chi connectivity index (χ2n) is 6.54. The van der Waals surface area contributed by atoms with Gasteiger partial charge in [0.2, 0.25) is 0 Å². The molecule has 0 amide bonds. The van der Waals surface area contributed by atoms with Crippen molar-refractivity contribution in [3.8, 4) is 0 Å². The molecule has 5 heteroatoms. The number of carbonyl (C=O) groups excluding carboxylic acids is 2. The van der Waals surface area contributed by atoms with Crippen LogP contribution in [0.3, 0.4) is 0 Å². The molecular formula is C17H22O5. The van der Waals surface area contributed by atoms with Gasteiger partial charge in [-0.1, -0.05) is 12.2 Å². The van der Waals surface area contributed by atoms with Gasteiger partial charge in [0.05, 0.1) is 6.10 Å². The zero-order valence-electron chi connectivity index (χ0n) is 13.1. The van der Waals surface area contributed by atoms with Crippen molar-refractivity contribution in [2.45, 2.75) is 57.3 Å². The minimum Gasteiger partial charge on any atom is -0.463 e. The predicted molar refractivity (Wildman–Crippen MR) is 79.0 cm³/mol. The molecule has 0 saturated carbocycles. The monoisotopic (exact) mass is 306 g/mol. The quantitative estimate of drug-likeness (QED) is 0.339. The highest BCUT2D eigenvalue weighted by Gasteiger charge is 2.57. The smallest absolute Gasteiger partial charge is 0.334 e. The minimum atomic E-state index is -0.389. The molecule has 0 radical (unpaired) electrons. The van der Waals surface area contributed by atoms with Crippen LogP contribution < -0.4 is 0 Å². The predicted octanol–water partition coefficient (Wildman–Crippen LogP) is 2.31. The summed E-state index contributed by atoms with van der Waals surface area (Å²) >= 11 is 0. The summed E-state index contributed by atoms with van der Waals surface area (Å²) in [6.45, 7) is 7.61. The number of esters is 2. The third-order valence-corrected chi connectivity index (χ3v) is 4.90. The van der Waals surface area contributed by atoms with E-state index in [-0.39, 0.29) is 42.3 Å². The van der Waals surface area contributed by atoms with Crippen LogP contribution in [0.25, 0.3) is 0 Å². The summed E-state index contributed by atoms with van der Waals surface area (Å²) in [6, 6.07) is 0. The molecule has 0 aromatic heterocycles. The summed E-state index contributed by atoms with van der Waals surface area (Å²) in [5, 5.41) is 0. The lowest BCUT2D eigenvalue weighted by Gasteiger charge is -2.20. The maximum absolute atomic E-state index is 11.8. The van der Waals surface area contributed by atoms with Crippen LogP contribution in [0.1, 0.15) is 39.5 Å². The van der Waals surface area contributed by atoms with E-state index in [1.807, 2.05) is 13.0 Å². The van der Waals surface area contributed by atoms with E-state index >= 15 is 0 Å². The van der Waals surface area contributed by atoms with Crippen LogP contribution in [0.2, 0.25) is 0 Å². The van der Waals surface area contributed by atoms with Crippen molar-refractivity contribution >= 4 is 11.9 Å². The minimum absolute atomic E-state index is 0.0143. The van der Waals surface area contributed by atoms with Gasteiger partial charge in [-0.05, 0) is 38.7 Å². The Morgan fingerprint density at radius 1 is 1.50 bits per heavy atom. The molecule has 120 valence electrons. The maximum Gasteiger partial charge on any atom is 0.334 e. The topological polar surface area (TPSA) is 65.1 Å². The fraction of sp³-hybridized carbons (Fsp3) is 0.647. The van der Waals surface area contributed by atoms with Gasteiger partial charge < -0.3 is 14.2 Å². The van der Waals surface area contributed by atoms with Crippen molar-refractivity contribution < 1.29 is 23.8 Å². The van der Waals surface area contributed by atoms with E-state index in [9.17, 15) is 9.59 Å². The molecule has 0 spiro atoms. The molecule has 2 aliphatic heterocycles. The van der Waals surface area contributed by atoms with Crippen LogP contribution in [0.5, 0.6) is 0 Å². The van der Waals surface area contributed by atoms with Crippen molar-refractivity contribution in [3.05, 3.63) is 23.8 Å². The average Bonchev–Trinajstić information content (AvgIpc) is 3.09. The Morgan fingerprint density at radius 3 is 3.00 bits per heavy atom. The van der Waals surface area contributed by atoms with E-state index in [0.717, 1.165) is 25.7 Å². The fourth-order valence-electron chi connectivity index (χ4n) is 3.46. The first-order valence-corrected chi connectivity index (χ1v) is 7.79. The van der Waals surface area contributed by atoms with Crippen LogP contribution in [0.15, 0.2) is 23.8 Å². The van der Waals surface area contributed by atoms with E-state index in [4.69, 9.17) is 14.2 Å². The highest BCUT2D eigenvalue weighted by Crippen LogP contribution is 2.47. The third-order valence-electron chi connectivity index (χ3n) is 4.90. The Morgan fingerprint density at radius 2 is 2.27 bits per heavy atom. The number of carbonyl (C=O) groups is 2. The van der Waals surface area contributed by atoms with Gasteiger partial charge in [0.25, 0.3) is 0 Å². The lowest BCUT2D eigenvalue weighted by Crippen LogP contribution is -2.27. The Labute approximate surface area is 130 Å². The van der Waals surface area contributed by atoms with Crippen LogP contribution in [0, 0.1) is 5.92 Å². The van der Waals surface area contributed by atoms with Crippen molar-refractivity contribution in [1.29, 1.82) is 0 Å². The molecule has 2 saturated heterocycles. The number of ether oxygens (including phenoxy) is 3. The van der Waals surface area contributed by atoms with Gasteiger partial charge in [-0.2, -0.15) is 0 Å². The Bertz CT molecular complexity index is 549. The van der Waals surface area contributed by atoms with Crippen molar-refractivity contribution in [2.24, 2.45) is 5.92 Å². The molecule has 5 nitrogen and oxygen atoms in total. The molecule has 0 aromatic carbocycles. The largest absolute Gasteiger partial charge is 0.463 e. The first-order chi connectivity index (χ1) is 10.4. The number of fused-ring (bicyclic) bond motifs is 2. The van der Waals surface area contributed by atoms with Gasteiger partial charge in [0.15, 0.2) is 0 Å². The summed E-state index contributed by atoms with van der Waals surface area (Å²) < 4.78 is 16.5. The Hall–Kier alpha value is -1.62. The van der Waals surface area contributed by atoms with Crippen LogP contribution in [0.4, 0.5) is 0 Å². The number of hydrogen-bond donors (Lipinski definition) is 0. The number of epoxide rings is 1. The molecule has 22 heavy (non-hydrogen) atoms. The van der Waals surface area contributed by atoms with E-state index < -0.39 is 0 Å². The second-order valence-corrected chi connectivity index (χ2v) is 6.54. The summed E-state index contributed by atoms with van der Waals surface area (Å²) in [6.07, 6.45) is 5.22. The van der Waals surface area contributed by atoms with E-state index in [2.05, 4.69) is 6.58 Å². The number of allylic oxidation sites excluding steroid dienone is 1. The lowest BCUT2D eigenvalue weighted by atomic mass is 9.84. The molecule has 0 aromatic rings. The molecular weight excluding hydrogens is 284 g/mol. The SMILES string of the molecule is C=C1C(=O)O[C@@H]2/C=C(\C)CC[C@H]3O[C@@]3(COC(C)=O)CC[C@@H]12. The normalized spacial score (nSPS) is 39.9. The highest BCUT2D eigenvalue weighted by atomic mass is 16.6. The molecule has 3 rings (SSSR count). The Balaban J connectivity index is 1.77. The van der Waals surface area contributed by atoms with Crippen molar-refractivity contribution in [3.63, 3.8) is 0 Å². The molecule has 4 atom stereocenters. The summed E-state index contributed by atoms with van der Waals surface area (Å²) in [5.41, 5.74) is 1.34. The molecule has 3 aliphatic rings. The molecule has 0 N–H and O–H groups in total. The first-order valence-electron chi connectivity index (χ1n) is 7.79. The summed E-state index contributed by atoms with van der Waals surface area (Å²) in [4.78, 5) is 22.9. The molecule has 0 bridgehead atoms. The molecule has 2 heterocycles. The van der Waals surface area contributed by atoms with Gasteiger partial charge in [0, 0.05) is 18.4 Å². The van der Waals surface area contributed by atoms with Gasteiger partial charge in [-0.25, -0.2) is 4.79 Å². The lowest BCUT2D eigenvalue weighted by molar-refractivity contribution is -0.143. The standard InChI is InChI=1S/C17H22O5/c1-10-4-5-15-17(22-15,9-20-12(3)18)7-6-13-11(2)16(19)21-14(13)8-10/h8,13-15H,2,4-7,9H2,1,3H3/b10-8+/t13-,14+,15+,17+/m0/s1. The first kappa shape index (κ1) is 15.3. The van der Waals surface area contributed by atoms with E-state index in [0.29, 0.717) is 5.57 Å². The Kier molecular flexibility index (Phi) is 3.85. The highest BCUT2D eigenvalue weighted by molar-refractivity contribution is 5.91. The van der Waals surface area contributed by atoms with Gasteiger partial charge in [-0.15, -0.1) is 0 Å². The molecule has 0 unspecified atom stereocenters. The van der Waals surface area contributed by atoms with Crippen molar-refractivity contribution in [2.75, 3.05) is 6.61 Å². The zero-order chi connectivity index (χ0) is 15.9. The third kappa shape index (κ3) is 2.82. The average molecular weight is 306 g/mol. The second kappa shape index (κ2) is 5.54. The number of hydrogen-bond acceptors (Lipinski definition) is 5. The van der Waals surface area contributed by atoms with Gasteiger partial charge in [0.1, 0.15) is 18.3 Å². The van der Waals surface area contributed by atoms with Crippen LogP contribution in [-0.2, 0) is 23.8 Å². The number of rotatable bonds is 2. The summed E-state index contributed by atoms with van der Waals surface area (Å²) in [7, 11) is 0. The molecule has 2 fully saturated rings. The van der Waals surface area contributed by atoms with Gasteiger partial charge >= 0.3 is 11.9 Å². The van der Waals surface area contributed by atoms with Gasteiger partial charge in [-0.3, -0.25) is 4.79 Å². The summed E-state index contributed by atoms with van der Waals surface area (Å²) in [5.74, 6) is -0.612. The van der Waals surface area contributed by atoms with E-state index in [1.54, 1.807) is 0 Å². The molecule has 1 aliphatic carbocycles. The maximum atomic E-state index is 11.8. The zero-order valence-corrected chi connectivity index (χ0v) is 13.1. The fourth-order valence-corrected chi connectivity index (χ4v) is 3.46. The van der Waals surface area contributed by atoms with Crippen LogP contribution >= 0.6 is 0 Å². The van der Waals surface area contributed by atoms with E-state index in [1.165, 1.54) is 12.5 Å².